The molecule has 0 N–H and O–H groups in total. The van der Waals surface area contributed by atoms with Gasteiger partial charge in [0.15, 0.2) is 0 Å². The first-order valence-corrected chi connectivity index (χ1v) is 8.99. The number of aromatic nitrogens is 1. The maximum Gasteiger partial charge on any atom is 0.415 e. The molecule has 0 aromatic carbocycles. The van der Waals surface area contributed by atoms with Crippen molar-refractivity contribution < 1.29 is 9.53 Å². The van der Waals surface area contributed by atoms with E-state index in [4.69, 9.17) is 4.74 Å². The summed E-state index contributed by atoms with van der Waals surface area (Å²) in [5.41, 5.74) is 0.610. The quantitative estimate of drug-likeness (QED) is 0.820. The van der Waals surface area contributed by atoms with Crippen molar-refractivity contribution in [3.63, 3.8) is 0 Å². The standard InChI is InChI=1S/C19H31N3O2/c1-6-13-22-14-8-7-11-16(22)15-10-9-12-20-17(15)21(5)18(23)24-19(2,3)4/h9-10,12,16H,6-8,11,13-14H2,1-5H3/t16-/m0/s1. The Labute approximate surface area is 146 Å². The van der Waals surface area contributed by atoms with Crippen LogP contribution in [0.1, 0.15) is 65.0 Å². The van der Waals surface area contributed by atoms with Gasteiger partial charge in [-0.2, -0.15) is 0 Å². The number of hydrogen-bond donors (Lipinski definition) is 0. The van der Waals surface area contributed by atoms with Crippen LogP contribution >= 0.6 is 0 Å². The number of ether oxygens (including phenoxy) is 1. The van der Waals surface area contributed by atoms with E-state index in [-0.39, 0.29) is 6.09 Å². The van der Waals surface area contributed by atoms with Crippen LogP contribution in [-0.4, -0.2) is 41.7 Å². The van der Waals surface area contributed by atoms with Gasteiger partial charge >= 0.3 is 6.09 Å². The molecule has 5 heteroatoms. The lowest BCUT2D eigenvalue weighted by molar-refractivity contribution is 0.0587. The molecule has 0 aliphatic carbocycles. The van der Waals surface area contributed by atoms with E-state index < -0.39 is 5.60 Å². The normalized spacial score (nSPS) is 19.1. The highest BCUT2D eigenvalue weighted by Gasteiger charge is 2.29. The molecule has 0 unspecified atom stereocenters. The molecule has 1 saturated heterocycles. The Morgan fingerprint density at radius 3 is 2.83 bits per heavy atom. The first-order chi connectivity index (χ1) is 11.3. The molecule has 0 bridgehead atoms. The molecule has 24 heavy (non-hydrogen) atoms. The van der Waals surface area contributed by atoms with E-state index in [2.05, 4.69) is 22.9 Å². The lowest BCUT2D eigenvalue weighted by Gasteiger charge is -2.37. The van der Waals surface area contributed by atoms with Crippen LogP contribution in [0.15, 0.2) is 18.3 Å². The lowest BCUT2D eigenvalue weighted by atomic mass is 9.95. The highest BCUT2D eigenvalue weighted by atomic mass is 16.6. The molecule has 2 heterocycles. The number of carbonyl (C=O) groups is 1. The molecule has 134 valence electrons. The Morgan fingerprint density at radius 2 is 2.17 bits per heavy atom. The average Bonchev–Trinajstić information content (AvgIpc) is 2.53. The Morgan fingerprint density at radius 1 is 1.42 bits per heavy atom. The number of rotatable bonds is 4. The third kappa shape index (κ3) is 4.69. The number of likely N-dealkylation sites (tertiary alicyclic amines) is 1. The second-order valence-corrected chi connectivity index (χ2v) is 7.50. The van der Waals surface area contributed by atoms with Gasteiger partial charge in [-0.15, -0.1) is 0 Å². The largest absolute Gasteiger partial charge is 0.443 e. The Balaban J connectivity index is 2.27. The highest BCUT2D eigenvalue weighted by Crippen LogP contribution is 2.35. The predicted molar refractivity (Wildman–Crippen MR) is 97.3 cm³/mol. The summed E-state index contributed by atoms with van der Waals surface area (Å²) in [5.74, 6) is 0.708. The average molecular weight is 333 g/mol. The molecule has 0 radical (unpaired) electrons. The summed E-state index contributed by atoms with van der Waals surface area (Å²) in [6.45, 7) is 10.0. The van der Waals surface area contributed by atoms with Gasteiger partial charge in [0.1, 0.15) is 11.4 Å². The third-order valence-electron chi connectivity index (χ3n) is 4.29. The number of nitrogens with zero attached hydrogens (tertiary/aromatic N) is 3. The summed E-state index contributed by atoms with van der Waals surface area (Å²) in [6, 6.07) is 4.38. The Bertz CT molecular complexity index is 552. The van der Waals surface area contributed by atoms with Gasteiger partial charge in [0.05, 0.1) is 0 Å². The first kappa shape index (κ1) is 18.7. The molecule has 0 spiro atoms. The zero-order valence-corrected chi connectivity index (χ0v) is 15.7. The van der Waals surface area contributed by atoms with Crippen LogP contribution in [0.2, 0.25) is 0 Å². The summed E-state index contributed by atoms with van der Waals surface area (Å²) >= 11 is 0. The minimum atomic E-state index is -0.515. The van der Waals surface area contributed by atoms with Crippen LogP contribution in [0.3, 0.4) is 0 Å². The van der Waals surface area contributed by atoms with Gasteiger partial charge in [0, 0.05) is 24.8 Å². The zero-order chi connectivity index (χ0) is 17.7. The van der Waals surface area contributed by atoms with Crippen LogP contribution in [-0.2, 0) is 4.74 Å². The number of pyridine rings is 1. The minimum absolute atomic E-state index is 0.326. The van der Waals surface area contributed by atoms with Gasteiger partial charge in [-0.05, 0) is 59.2 Å². The van der Waals surface area contributed by atoms with E-state index in [0.717, 1.165) is 31.5 Å². The first-order valence-electron chi connectivity index (χ1n) is 8.99. The SMILES string of the molecule is CCCN1CCCC[C@H]1c1cccnc1N(C)C(=O)OC(C)(C)C. The van der Waals surface area contributed by atoms with Gasteiger partial charge in [0.25, 0.3) is 0 Å². The fraction of sp³-hybridized carbons (Fsp3) is 0.684. The molecule has 1 aromatic rings. The predicted octanol–water partition coefficient (Wildman–Crippen LogP) is 4.39. The summed E-state index contributed by atoms with van der Waals surface area (Å²) < 4.78 is 5.50. The Kier molecular flexibility index (Phi) is 6.21. The third-order valence-corrected chi connectivity index (χ3v) is 4.29. The van der Waals surface area contributed by atoms with Crippen molar-refractivity contribution >= 4 is 11.9 Å². The van der Waals surface area contributed by atoms with Gasteiger partial charge in [0.2, 0.25) is 0 Å². The molecule has 1 fully saturated rings. The second kappa shape index (κ2) is 7.97. The van der Waals surface area contributed by atoms with E-state index in [1.165, 1.54) is 12.8 Å². The van der Waals surface area contributed by atoms with E-state index >= 15 is 0 Å². The number of hydrogen-bond acceptors (Lipinski definition) is 4. The number of anilines is 1. The molecule has 1 atom stereocenters. The van der Waals surface area contributed by atoms with E-state index in [9.17, 15) is 4.79 Å². The number of amides is 1. The van der Waals surface area contributed by atoms with Crippen LogP contribution in [0.5, 0.6) is 0 Å². The van der Waals surface area contributed by atoms with Crippen molar-refractivity contribution in [2.75, 3.05) is 25.0 Å². The molecular weight excluding hydrogens is 302 g/mol. The monoisotopic (exact) mass is 333 g/mol. The van der Waals surface area contributed by atoms with Gasteiger partial charge in [-0.1, -0.05) is 19.4 Å². The fourth-order valence-corrected chi connectivity index (χ4v) is 3.26. The van der Waals surface area contributed by atoms with Crippen molar-refractivity contribution in [2.45, 2.75) is 65.0 Å². The summed E-state index contributed by atoms with van der Waals surface area (Å²) in [7, 11) is 1.74. The van der Waals surface area contributed by atoms with Crippen LogP contribution in [0, 0.1) is 0 Å². The van der Waals surface area contributed by atoms with Gasteiger partial charge in [-0.25, -0.2) is 9.78 Å². The molecule has 1 aromatic heterocycles. The van der Waals surface area contributed by atoms with E-state index in [1.807, 2.05) is 26.8 Å². The van der Waals surface area contributed by atoms with Gasteiger partial charge in [-0.3, -0.25) is 9.80 Å². The summed E-state index contributed by atoms with van der Waals surface area (Å²) in [4.78, 5) is 21.0. The molecule has 1 aliphatic heterocycles. The van der Waals surface area contributed by atoms with Crippen LogP contribution in [0.25, 0.3) is 0 Å². The second-order valence-electron chi connectivity index (χ2n) is 7.50. The van der Waals surface area contributed by atoms with E-state index in [1.54, 1.807) is 18.1 Å². The molecule has 0 saturated carbocycles. The van der Waals surface area contributed by atoms with Crippen molar-refractivity contribution in [1.29, 1.82) is 0 Å². The maximum absolute atomic E-state index is 12.5. The number of piperidine rings is 1. The fourth-order valence-electron chi connectivity index (χ4n) is 3.26. The topological polar surface area (TPSA) is 45.7 Å². The molecular formula is C19H31N3O2. The van der Waals surface area contributed by atoms with Crippen molar-refractivity contribution in [2.24, 2.45) is 0 Å². The lowest BCUT2D eigenvalue weighted by Crippen LogP contribution is -2.38. The summed E-state index contributed by atoms with van der Waals surface area (Å²) in [5, 5.41) is 0. The minimum Gasteiger partial charge on any atom is -0.443 e. The van der Waals surface area contributed by atoms with Crippen molar-refractivity contribution in [3.05, 3.63) is 23.9 Å². The summed E-state index contributed by atoms with van der Waals surface area (Å²) in [6.07, 6.45) is 6.09. The van der Waals surface area contributed by atoms with Crippen LogP contribution in [0.4, 0.5) is 10.6 Å². The highest BCUT2D eigenvalue weighted by molar-refractivity contribution is 5.87. The number of carbonyl (C=O) groups excluding carboxylic acids is 1. The van der Waals surface area contributed by atoms with Crippen molar-refractivity contribution in [1.82, 2.24) is 9.88 Å². The van der Waals surface area contributed by atoms with Gasteiger partial charge < -0.3 is 4.74 Å². The molecule has 1 amide bonds. The maximum atomic E-state index is 12.5. The molecule has 1 aliphatic rings. The zero-order valence-electron chi connectivity index (χ0n) is 15.7. The van der Waals surface area contributed by atoms with Crippen molar-refractivity contribution in [3.8, 4) is 0 Å². The van der Waals surface area contributed by atoms with Crippen LogP contribution < -0.4 is 4.90 Å². The Hall–Kier alpha value is -1.62. The molecule has 2 rings (SSSR count). The smallest absolute Gasteiger partial charge is 0.415 e. The van der Waals surface area contributed by atoms with E-state index in [0.29, 0.717) is 11.9 Å². The molecule has 5 nitrogen and oxygen atoms in total.